The molecule has 0 radical (unpaired) electrons. The van der Waals surface area contributed by atoms with E-state index >= 15 is 0 Å². The Morgan fingerprint density at radius 1 is 1.42 bits per heavy atom. The Morgan fingerprint density at radius 2 is 2.08 bits per heavy atom. The third-order valence-corrected chi connectivity index (χ3v) is 4.35. The first-order valence-electron chi connectivity index (χ1n) is 5.07. The summed E-state index contributed by atoms with van der Waals surface area (Å²) in [6, 6.07) is 0. The average molecular weight is 188 g/mol. The van der Waals surface area contributed by atoms with Crippen molar-refractivity contribution in [3.8, 4) is 0 Å². The summed E-state index contributed by atoms with van der Waals surface area (Å²) in [7, 11) is 0. The summed E-state index contributed by atoms with van der Waals surface area (Å²) < 4.78 is 0. The van der Waals surface area contributed by atoms with Crippen LogP contribution in [-0.2, 0) is 0 Å². The van der Waals surface area contributed by atoms with Crippen LogP contribution in [0.2, 0.25) is 0 Å². The normalized spacial score (nSPS) is 33.2. The molecule has 1 unspecified atom stereocenters. The lowest BCUT2D eigenvalue weighted by Gasteiger charge is -2.28. The Bertz CT molecular complexity index is 127. The molecule has 1 rings (SSSR count). The van der Waals surface area contributed by atoms with E-state index in [1.807, 2.05) is 11.8 Å². The van der Waals surface area contributed by atoms with E-state index in [9.17, 15) is 5.11 Å². The number of thioether (sulfide) groups is 1. The van der Waals surface area contributed by atoms with Crippen molar-refractivity contribution in [3.05, 3.63) is 0 Å². The van der Waals surface area contributed by atoms with E-state index in [-0.39, 0.29) is 6.10 Å². The maximum Gasteiger partial charge on any atom is 0.0658 e. The van der Waals surface area contributed by atoms with E-state index in [2.05, 4.69) is 13.8 Å². The van der Waals surface area contributed by atoms with Crippen LogP contribution in [0.1, 0.15) is 46.0 Å². The summed E-state index contributed by atoms with van der Waals surface area (Å²) >= 11 is 1.98. The van der Waals surface area contributed by atoms with Crippen molar-refractivity contribution < 1.29 is 5.11 Å². The van der Waals surface area contributed by atoms with Gasteiger partial charge in [0.1, 0.15) is 0 Å². The minimum absolute atomic E-state index is 0.0299. The molecule has 0 saturated heterocycles. The average Bonchev–Trinajstić information content (AvgIpc) is 2.09. The Balaban J connectivity index is 2.28. The van der Waals surface area contributed by atoms with Gasteiger partial charge in [-0.2, -0.15) is 11.8 Å². The van der Waals surface area contributed by atoms with Crippen LogP contribution < -0.4 is 0 Å². The molecule has 2 heteroatoms. The van der Waals surface area contributed by atoms with Gasteiger partial charge in [0.15, 0.2) is 0 Å². The van der Waals surface area contributed by atoms with Crippen LogP contribution >= 0.6 is 11.8 Å². The maximum atomic E-state index is 9.69. The fourth-order valence-electron chi connectivity index (χ4n) is 1.63. The van der Waals surface area contributed by atoms with E-state index in [4.69, 9.17) is 0 Å². The largest absolute Gasteiger partial charge is 0.392 e. The summed E-state index contributed by atoms with van der Waals surface area (Å²) in [5.74, 6) is 0. The monoisotopic (exact) mass is 188 g/mol. The van der Waals surface area contributed by atoms with Crippen LogP contribution in [0.25, 0.3) is 0 Å². The quantitative estimate of drug-likeness (QED) is 0.735. The smallest absolute Gasteiger partial charge is 0.0658 e. The predicted octanol–water partition coefficient (Wildman–Crippen LogP) is 2.82. The first-order chi connectivity index (χ1) is 5.74. The van der Waals surface area contributed by atoms with E-state index in [0.29, 0.717) is 10.5 Å². The molecule has 0 aliphatic heterocycles. The first kappa shape index (κ1) is 10.4. The van der Waals surface area contributed by atoms with Gasteiger partial charge in [-0.1, -0.05) is 26.7 Å². The van der Waals surface area contributed by atoms with E-state index in [1.165, 1.54) is 25.7 Å². The topological polar surface area (TPSA) is 20.2 Å². The zero-order valence-electron chi connectivity index (χ0n) is 8.12. The molecule has 72 valence electrons. The molecule has 3 atom stereocenters. The summed E-state index contributed by atoms with van der Waals surface area (Å²) in [5, 5.41) is 10.9. The second-order valence-corrected chi connectivity index (χ2v) is 5.43. The molecule has 0 spiro atoms. The highest BCUT2D eigenvalue weighted by Crippen LogP contribution is 2.32. The molecular weight excluding hydrogens is 168 g/mol. The lowest BCUT2D eigenvalue weighted by Crippen LogP contribution is -2.28. The van der Waals surface area contributed by atoms with Gasteiger partial charge in [-0.15, -0.1) is 0 Å². The molecule has 0 aromatic heterocycles. The van der Waals surface area contributed by atoms with Gasteiger partial charge in [0.25, 0.3) is 0 Å². The summed E-state index contributed by atoms with van der Waals surface area (Å²) in [4.78, 5) is 0. The second kappa shape index (κ2) is 5.13. The van der Waals surface area contributed by atoms with Crippen molar-refractivity contribution in [2.45, 2.75) is 62.6 Å². The lowest BCUT2D eigenvalue weighted by molar-refractivity contribution is 0.136. The molecule has 1 aliphatic carbocycles. The van der Waals surface area contributed by atoms with Crippen LogP contribution in [0.5, 0.6) is 0 Å². The van der Waals surface area contributed by atoms with Crippen molar-refractivity contribution in [1.29, 1.82) is 0 Å². The fourth-order valence-corrected chi connectivity index (χ4v) is 3.04. The third kappa shape index (κ3) is 2.98. The number of aliphatic hydroxyl groups excluding tert-OH is 1. The van der Waals surface area contributed by atoms with Gasteiger partial charge in [0, 0.05) is 10.5 Å². The molecule has 0 bridgehead atoms. The molecule has 1 saturated carbocycles. The third-order valence-electron chi connectivity index (χ3n) is 2.65. The van der Waals surface area contributed by atoms with Crippen molar-refractivity contribution in [2.24, 2.45) is 0 Å². The number of aliphatic hydroxyl groups is 1. The molecule has 1 N–H and O–H groups in total. The SMILES string of the molecule is CCC(C)S[C@H]1CCCC[C@@H]1O. The zero-order chi connectivity index (χ0) is 8.97. The van der Waals surface area contributed by atoms with Gasteiger partial charge in [0.05, 0.1) is 6.10 Å². The van der Waals surface area contributed by atoms with Crippen molar-refractivity contribution in [2.75, 3.05) is 0 Å². The molecule has 1 fully saturated rings. The molecule has 1 aliphatic rings. The summed E-state index contributed by atoms with van der Waals surface area (Å²) in [6.07, 6.45) is 5.96. The van der Waals surface area contributed by atoms with E-state index < -0.39 is 0 Å². The molecule has 0 amide bonds. The Morgan fingerprint density at radius 3 is 2.67 bits per heavy atom. The molecule has 0 heterocycles. The highest BCUT2D eigenvalue weighted by Gasteiger charge is 2.24. The van der Waals surface area contributed by atoms with Crippen molar-refractivity contribution in [3.63, 3.8) is 0 Å². The number of rotatable bonds is 3. The van der Waals surface area contributed by atoms with Crippen LogP contribution in [0.3, 0.4) is 0 Å². The first-order valence-corrected chi connectivity index (χ1v) is 6.01. The van der Waals surface area contributed by atoms with Gasteiger partial charge in [-0.3, -0.25) is 0 Å². The molecule has 0 aromatic rings. The van der Waals surface area contributed by atoms with Gasteiger partial charge in [-0.25, -0.2) is 0 Å². The summed E-state index contributed by atoms with van der Waals surface area (Å²) in [6.45, 7) is 4.47. The zero-order valence-corrected chi connectivity index (χ0v) is 8.94. The molecule has 1 nitrogen and oxygen atoms in total. The van der Waals surface area contributed by atoms with Gasteiger partial charge < -0.3 is 5.11 Å². The van der Waals surface area contributed by atoms with Crippen molar-refractivity contribution in [1.82, 2.24) is 0 Å². The van der Waals surface area contributed by atoms with Gasteiger partial charge in [-0.05, 0) is 19.3 Å². The standard InChI is InChI=1S/C10H20OS/c1-3-8(2)12-10-7-5-4-6-9(10)11/h8-11H,3-7H2,1-2H3/t8?,9-,10-/m0/s1. The Labute approximate surface area is 79.9 Å². The van der Waals surface area contributed by atoms with E-state index in [0.717, 1.165) is 6.42 Å². The minimum Gasteiger partial charge on any atom is -0.392 e. The molecule has 0 aromatic carbocycles. The molecular formula is C10H20OS. The fraction of sp³-hybridized carbons (Fsp3) is 1.00. The number of hydrogen-bond donors (Lipinski definition) is 1. The maximum absolute atomic E-state index is 9.69. The predicted molar refractivity (Wildman–Crippen MR) is 55.6 cm³/mol. The Kier molecular flexibility index (Phi) is 4.44. The van der Waals surface area contributed by atoms with Gasteiger partial charge in [0.2, 0.25) is 0 Å². The van der Waals surface area contributed by atoms with Crippen LogP contribution in [0.15, 0.2) is 0 Å². The highest BCUT2D eigenvalue weighted by atomic mass is 32.2. The summed E-state index contributed by atoms with van der Waals surface area (Å²) in [5.41, 5.74) is 0. The number of hydrogen-bond acceptors (Lipinski definition) is 2. The van der Waals surface area contributed by atoms with Crippen LogP contribution in [0, 0.1) is 0 Å². The lowest BCUT2D eigenvalue weighted by atomic mass is 9.97. The van der Waals surface area contributed by atoms with Crippen LogP contribution in [0.4, 0.5) is 0 Å². The minimum atomic E-state index is -0.0299. The van der Waals surface area contributed by atoms with Gasteiger partial charge >= 0.3 is 0 Å². The highest BCUT2D eigenvalue weighted by molar-refractivity contribution is 8.00. The van der Waals surface area contributed by atoms with E-state index in [1.54, 1.807) is 0 Å². The van der Waals surface area contributed by atoms with Crippen LogP contribution in [-0.4, -0.2) is 21.7 Å². The molecule has 12 heavy (non-hydrogen) atoms. The second-order valence-electron chi connectivity index (χ2n) is 3.75. The Hall–Kier alpha value is 0.310. The van der Waals surface area contributed by atoms with Crippen molar-refractivity contribution >= 4 is 11.8 Å².